The van der Waals surface area contributed by atoms with Crippen molar-refractivity contribution in [2.45, 2.75) is 32.6 Å². The molecule has 0 unspecified atom stereocenters. The fourth-order valence-electron chi connectivity index (χ4n) is 3.68. The van der Waals surface area contributed by atoms with Crippen LogP contribution in [0.5, 0.6) is 0 Å². The van der Waals surface area contributed by atoms with Crippen molar-refractivity contribution < 1.29 is 9.21 Å². The number of furan rings is 1. The molecule has 1 N–H and O–H groups in total. The second-order valence-electron chi connectivity index (χ2n) is 7.10. The predicted octanol–water partition coefficient (Wildman–Crippen LogP) is 6.03. The van der Waals surface area contributed by atoms with Gasteiger partial charge in [0.25, 0.3) is 5.91 Å². The van der Waals surface area contributed by atoms with E-state index >= 15 is 0 Å². The van der Waals surface area contributed by atoms with Gasteiger partial charge in [-0.1, -0.05) is 24.4 Å². The van der Waals surface area contributed by atoms with Crippen molar-refractivity contribution in [1.29, 1.82) is 0 Å². The molecule has 0 aliphatic carbocycles. The van der Waals surface area contributed by atoms with E-state index in [4.69, 9.17) is 16.0 Å². The maximum atomic E-state index is 12.7. The summed E-state index contributed by atoms with van der Waals surface area (Å²) >= 11 is 6.05. The zero-order chi connectivity index (χ0) is 18.8. The Labute approximate surface area is 164 Å². The molecule has 4 nitrogen and oxygen atoms in total. The van der Waals surface area contributed by atoms with Crippen LogP contribution in [-0.4, -0.2) is 19.0 Å². The highest BCUT2D eigenvalue weighted by Crippen LogP contribution is 2.29. The SMILES string of the molecule is Cc1c(C(=O)Nc2ccc(N3CCCCCC3)cc2)oc2ccc(Cl)cc12. The first-order valence-corrected chi connectivity index (χ1v) is 9.84. The van der Waals surface area contributed by atoms with Gasteiger partial charge in [0.1, 0.15) is 5.58 Å². The first-order chi connectivity index (χ1) is 13.1. The van der Waals surface area contributed by atoms with E-state index in [1.807, 2.05) is 25.1 Å². The Bertz CT molecular complexity index is 954. The maximum absolute atomic E-state index is 12.7. The number of nitrogens with one attached hydrogen (secondary N) is 1. The number of anilines is 2. The van der Waals surface area contributed by atoms with Crippen LogP contribution in [-0.2, 0) is 0 Å². The van der Waals surface area contributed by atoms with Gasteiger partial charge in [-0.15, -0.1) is 0 Å². The quantitative estimate of drug-likeness (QED) is 0.601. The zero-order valence-corrected chi connectivity index (χ0v) is 16.2. The van der Waals surface area contributed by atoms with Crippen LogP contribution < -0.4 is 10.2 Å². The third kappa shape index (κ3) is 3.81. The van der Waals surface area contributed by atoms with Crippen molar-refractivity contribution in [3.63, 3.8) is 0 Å². The molecule has 2 heterocycles. The summed E-state index contributed by atoms with van der Waals surface area (Å²) in [6.07, 6.45) is 5.11. The van der Waals surface area contributed by atoms with Crippen molar-refractivity contribution in [3.05, 3.63) is 58.8 Å². The molecule has 4 rings (SSSR count). The summed E-state index contributed by atoms with van der Waals surface area (Å²) in [7, 11) is 0. The minimum atomic E-state index is -0.248. The Hall–Kier alpha value is -2.46. The topological polar surface area (TPSA) is 45.5 Å². The first kappa shape index (κ1) is 17.9. The lowest BCUT2D eigenvalue weighted by Crippen LogP contribution is -2.23. The summed E-state index contributed by atoms with van der Waals surface area (Å²) < 4.78 is 5.74. The van der Waals surface area contributed by atoms with Crippen LogP contribution >= 0.6 is 11.6 Å². The second kappa shape index (κ2) is 7.65. The molecule has 2 aromatic carbocycles. The lowest BCUT2D eigenvalue weighted by atomic mass is 10.1. The summed E-state index contributed by atoms with van der Waals surface area (Å²) in [5, 5.41) is 4.43. The van der Waals surface area contributed by atoms with E-state index < -0.39 is 0 Å². The Kier molecular flexibility index (Phi) is 5.08. The Morgan fingerprint density at radius 1 is 1.04 bits per heavy atom. The van der Waals surface area contributed by atoms with Crippen LogP contribution in [0.4, 0.5) is 11.4 Å². The highest BCUT2D eigenvalue weighted by Gasteiger charge is 2.18. The average molecular weight is 383 g/mol. The smallest absolute Gasteiger partial charge is 0.291 e. The van der Waals surface area contributed by atoms with E-state index in [0.717, 1.165) is 29.7 Å². The maximum Gasteiger partial charge on any atom is 0.291 e. The molecule has 0 atom stereocenters. The lowest BCUT2D eigenvalue weighted by molar-refractivity contribution is 0.0998. The number of carbonyl (C=O) groups excluding carboxylic acids is 1. The minimum absolute atomic E-state index is 0.248. The van der Waals surface area contributed by atoms with Crippen molar-refractivity contribution in [2.24, 2.45) is 0 Å². The number of aryl methyl sites for hydroxylation is 1. The standard InChI is InChI=1S/C22H23ClN2O2/c1-15-19-14-16(23)6-11-20(19)27-21(15)22(26)24-17-7-9-18(10-8-17)25-12-4-2-3-5-13-25/h6-11,14H,2-5,12-13H2,1H3,(H,24,26). The molecule has 3 aromatic rings. The van der Waals surface area contributed by atoms with Gasteiger partial charge in [0.15, 0.2) is 5.76 Å². The van der Waals surface area contributed by atoms with Crippen LogP contribution in [0, 0.1) is 6.92 Å². The van der Waals surface area contributed by atoms with Crippen molar-refractivity contribution in [3.8, 4) is 0 Å². The van der Waals surface area contributed by atoms with Crippen LogP contribution in [0.1, 0.15) is 41.8 Å². The normalized spacial score (nSPS) is 15.0. The van der Waals surface area contributed by atoms with Crippen molar-refractivity contribution >= 4 is 39.9 Å². The van der Waals surface area contributed by atoms with Gasteiger partial charge in [-0.3, -0.25) is 4.79 Å². The first-order valence-electron chi connectivity index (χ1n) is 9.47. The lowest BCUT2D eigenvalue weighted by Gasteiger charge is -2.22. The van der Waals surface area contributed by atoms with E-state index in [0.29, 0.717) is 16.4 Å². The summed E-state index contributed by atoms with van der Waals surface area (Å²) in [6, 6.07) is 13.4. The summed E-state index contributed by atoms with van der Waals surface area (Å²) in [6.45, 7) is 4.08. The molecule has 0 spiro atoms. The molecule has 0 bridgehead atoms. The highest BCUT2D eigenvalue weighted by atomic mass is 35.5. The summed E-state index contributed by atoms with van der Waals surface area (Å²) in [5.41, 5.74) is 3.44. The third-order valence-corrected chi connectivity index (χ3v) is 5.44. The number of benzene rings is 2. The van der Waals surface area contributed by atoms with Crippen LogP contribution in [0.25, 0.3) is 11.0 Å². The molecular formula is C22H23ClN2O2. The van der Waals surface area contributed by atoms with Gasteiger partial charge < -0.3 is 14.6 Å². The van der Waals surface area contributed by atoms with Gasteiger partial charge in [-0.05, 0) is 62.2 Å². The van der Waals surface area contributed by atoms with Gasteiger partial charge in [-0.2, -0.15) is 0 Å². The van der Waals surface area contributed by atoms with Gasteiger partial charge in [0.05, 0.1) is 0 Å². The number of carbonyl (C=O) groups is 1. The highest BCUT2D eigenvalue weighted by molar-refractivity contribution is 6.31. The summed E-state index contributed by atoms with van der Waals surface area (Å²) in [4.78, 5) is 15.1. The number of nitrogens with zero attached hydrogens (tertiary/aromatic N) is 1. The molecule has 1 saturated heterocycles. The van der Waals surface area contributed by atoms with Crippen molar-refractivity contribution in [1.82, 2.24) is 0 Å². The minimum Gasteiger partial charge on any atom is -0.451 e. The van der Waals surface area contributed by atoms with Crippen molar-refractivity contribution in [2.75, 3.05) is 23.3 Å². The fourth-order valence-corrected chi connectivity index (χ4v) is 3.85. The number of halogens is 1. The monoisotopic (exact) mass is 382 g/mol. The molecular weight excluding hydrogens is 360 g/mol. The van der Waals surface area contributed by atoms with Gasteiger partial charge in [-0.25, -0.2) is 0 Å². The van der Waals surface area contributed by atoms with Gasteiger partial charge >= 0.3 is 0 Å². The largest absolute Gasteiger partial charge is 0.451 e. The second-order valence-corrected chi connectivity index (χ2v) is 7.54. The van der Waals surface area contributed by atoms with Crippen LogP contribution in [0.2, 0.25) is 5.02 Å². The van der Waals surface area contributed by atoms with Gasteiger partial charge in [0, 0.05) is 40.4 Å². The van der Waals surface area contributed by atoms with E-state index in [9.17, 15) is 4.79 Å². The Morgan fingerprint density at radius 3 is 2.44 bits per heavy atom. The Morgan fingerprint density at radius 2 is 1.74 bits per heavy atom. The Balaban J connectivity index is 1.50. The van der Waals surface area contributed by atoms with E-state index in [1.54, 1.807) is 12.1 Å². The zero-order valence-electron chi connectivity index (χ0n) is 15.4. The molecule has 0 saturated carbocycles. The van der Waals surface area contributed by atoms with E-state index in [1.165, 1.54) is 31.4 Å². The molecule has 5 heteroatoms. The van der Waals surface area contributed by atoms with Crippen LogP contribution in [0.15, 0.2) is 46.9 Å². The molecule has 1 aliphatic rings. The average Bonchev–Trinajstić information content (AvgIpc) is 2.85. The number of rotatable bonds is 3. The molecule has 0 radical (unpaired) electrons. The molecule has 1 fully saturated rings. The molecule has 1 aromatic heterocycles. The molecule has 1 amide bonds. The molecule has 140 valence electrons. The van der Waals surface area contributed by atoms with Crippen LogP contribution in [0.3, 0.4) is 0 Å². The number of amides is 1. The fraction of sp³-hybridized carbons (Fsp3) is 0.318. The predicted molar refractivity (Wildman–Crippen MR) is 111 cm³/mol. The number of fused-ring (bicyclic) bond motifs is 1. The number of hydrogen-bond acceptors (Lipinski definition) is 3. The third-order valence-electron chi connectivity index (χ3n) is 5.20. The van der Waals surface area contributed by atoms with Gasteiger partial charge in [0.2, 0.25) is 0 Å². The number of hydrogen-bond donors (Lipinski definition) is 1. The van der Waals surface area contributed by atoms with E-state index in [2.05, 4.69) is 22.3 Å². The summed E-state index contributed by atoms with van der Waals surface area (Å²) in [5.74, 6) is 0.0752. The molecule has 1 aliphatic heterocycles. The van der Waals surface area contributed by atoms with E-state index in [-0.39, 0.29) is 5.91 Å². The molecule has 27 heavy (non-hydrogen) atoms.